The van der Waals surface area contributed by atoms with Crippen LogP contribution < -0.4 is 10.6 Å². The first kappa shape index (κ1) is 14.1. The van der Waals surface area contributed by atoms with Crippen molar-refractivity contribution in [1.29, 1.82) is 0 Å². The molecule has 5 nitrogen and oxygen atoms in total. The Hall–Kier alpha value is -2.56. The number of imidazole rings is 1. The summed E-state index contributed by atoms with van der Waals surface area (Å²) in [6, 6.07) is 12.7. The summed E-state index contributed by atoms with van der Waals surface area (Å²) >= 11 is 0. The highest BCUT2D eigenvalue weighted by atomic mass is 15.3. The lowest BCUT2D eigenvalue weighted by Crippen LogP contribution is -2.23. The van der Waals surface area contributed by atoms with Crippen LogP contribution in [0.5, 0.6) is 0 Å². The molecule has 0 unspecified atom stereocenters. The smallest absolute Gasteiger partial charge is 0.177 e. The quantitative estimate of drug-likeness (QED) is 0.758. The van der Waals surface area contributed by atoms with Crippen molar-refractivity contribution in [3.63, 3.8) is 0 Å². The zero-order chi connectivity index (χ0) is 15.5. The molecule has 2 aromatic heterocycles. The van der Waals surface area contributed by atoms with Gasteiger partial charge in [0, 0.05) is 30.2 Å². The van der Waals surface area contributed by atoms with Crippen LogP contribution in [0.3, 0.4) is 0 Å². The van der Waals surface area contributed by atoms with Crippen molar-refractivity contribution < 1.29 is 0 Å². The fraction of sp³-hybridized carbons (Fsp3) is 0.333. The number of rotatable bonds is 4. The van der Waals surface area contributed by atoms with Gasteiger partial charge in [0.05, 0.1) is 5.69 Å². The van der Waals surface area contributed by atoms with E-state index in [0.717, 1.165) is 22.8 Å². The van der Waals surface area contributed by atoms with Crippen LogP contribution in [0, 0.1) is 0 Å². The van der Waals surface area contributed by atoms with E-state index >= 15 is 0 Å². The van der Waals surface area contributed by atoms with Gasteiger partial charge in [-0.3, -0.25) is 0 Å². The van der Waals surface area contributed by atoms with E-state index in [4.69, 9.17) is 0 Å². The van der Waals surface area contributed by atoms with Crippen molar-refractivity contribution in [3.8, 4) is 0 Å². The Morgan fingerprint density at radius 1 is 1.04 bits per heavy atom. The van der Waals surface area contributed by atoms with Gasteiger partial charge in [0.15, 0.2) is 5.65 Å². The number of nitrogens with one attached hydrogen (secondary N) is 2. The van der Waals surface area contributed by atoms with E-state index in [1.165, 1.54) is 32.1 Å². The summed E-state index contributed by atoms with van der Waals surface area (Å²) in [5.41, 5.74) is 2.85. The fourth-order valence-corrected chi connectivity index (χ4v) is 3.21. The van der Waals surface area contributed by atoms with E-state index in [0.29, 0.717) is 6.04 Å². The largest absolute Gasteiger partial charge is 0.366 e. The van der Waals surface area contributed by atoms with Gasteiger partial charge in [0.25, 0.3) is 0 Å². The van der Waals surface area contributed by atoms with Gasteiger partial charge in [-0.05, 0) is 25.0 Å². The minimum Gasteiger partial charge on any atom is -0.366 e. The van der Waals surface area contributed by atoms with Crippen LogP contribution in [0.1, 0.15) is 32.1 Å². The minimum atomic E-state index is 0.529. The van der Waals surface area contributed by atoms with Gasteiger partial charge in [-0.15, -0.1) is 5.10 Å². The molecule has 2 N–H and O–H groups in total. The highest BCUT2D eigenvalue weighted by molar-refractivity contribution is 5.75. The molecule has 0 amide bonds. The summed E-state index contributed by atoms with van der Waals surface area (Å²) in [5, 5.41) is 11.7. The first-order chi connectivity index (χ1) is 11.4. The van der Waals surface area contributed by atoms with Gasteiger partial charge in [0.1, 0.15) is 5.82 Å². The predicted molar refractivity (Wildman–Crippen MR) is 93.2 cm³/mol. The van der Waals surface area contributed by atoms with Crippen LogP contribution in [0.25, 0.3) is 5.65 Å². The number of hydrogen-bond donors (Lipinski definition) is 2. The van der Waals surface area contributed by atoms with Crippen LogP contribution in [0.2, 0.25) is 0 Å². The van der Waals surface area contributed by atoms with Crippen LogP contribution in [-0.4, -0.2) is 20.6 Å². The number of aromatic nitrogens is 3. The summed E-state index contributed by atoms with van der Waals surface area (Å²) in [7, 11) is 0. The molecule has 0 atom stereocenters. The van der Waals surface area contributed by atoms with Crippen molar-refractivity contribution in [3.05, 3.63) is 48.8 Å². The maximum absolute atomic E-state index is 4.63. The fourth-order valence-electron chi connectivity index (χ4n) is 3.21. The molecule has 5 heteroatoms. The van der Waals surface area contributed by atoms with Gasteiger partial charge >= 0.3 is 0 Å². The molecule has 2 heterocycles. The second-order valence-electron chi connectivity index (χ2n) is 6.11. The molecule has 4 rings (SSSR count). The normalized spacial score (nSPS) is 15.7. The molecule has 0 spiro atoms. The zero-order valence-corrected chi connectivity index (χ0v) is 13.1. The zero-order valence-electron chi connectivity index (χ0n) is 13.1. The molecule has 0 saturated heterocycles. The van der Waals surface area contributed by atoms with Gasteiger partial charge < -0.3 is 10.6 Å². The number of nitrogens with zero attached hydrogens (tertiary/aromatic N) is 3. The Morgan fingerprint density at radius 3 is 2.70 bits per heavy atom. The molecule has 1 saturated carbocycles. The molecule has 118 valence electrons. The summed E-state index contributed by atoms with van der Waals surface area (Å²) in [5.74, 6) is 0.904. The average molecular weight is 307 g/mol. The van der Waals surface area contributed by atoms with Crippen LogP contribution in [0.15, 0.2) is 48.8 Å². The lowest BCUT2D eigenvalue weighted by molar-refractivity contribution is 0.461. The topological polar surface area (TPSA) is 54.2 Å². The lowest BCUT2D eigenvalue weighted by Gasteiger charge is -2.23. The summed E-state index contributed by atoms with van der Waals surface area (Å²) in [6.07, 6.45) is 10.1. The molecular weight excluding hydrogens is 286 g/mol. The van der Waals surface area contributed by atoms with Gasteiger partial charge in [-0.1, -0.05) is 37.5 Å². The minimum absolute atomic E-state index is 0.529. The van der Waals surface area contributed by atoms with Crippen molar-refractivity contribution in [2.45, 2.75) is 38.1 Å². The van der Waals surface area contributed by atoms with Gasteiger partial charge in [0.2, 0.25) is 0 Å². The Bertz CT molecular complexity index is 774. The first-order valence-corrected chi connectivity index (χ1v) is 8.31. The monoisotopic (exact) mass is 307 g/mol. The molecule has 0 aliphatic heterocycles. The Morgan fingerprint density at radius 2 is 1.87 bits per heavy atom. The third-order valence-electron chi connectivity index (χ3n) is 4.37. The molecule has 1 aromatic carbocycles. The third-order valence-corrected chi connectivity index (χ3v) is 4.37. The average Bonchev–Trinajstić information content (AvgIpc) is 3.05. The number of fused-ring (bicyclic) bond motifs is 1. The summed E-state index contributed by atoms with van der Waals surface area (Å²) < 4.78 is 1.83. The molecular formula is C18H21N5. The Labute approximate surface area is 135 Å². The van der Waals surface area contributed by atoms with E-state index in [1.54, 1.807) is 6.20 Å². The molecule has 1 aliphatic rings. The SMILES string of the molecule is c1ccc(Nc2cc(NC3CCCCC3)nn3ccnc23)cc1. The number of anilines is 3. The van der Waals surface area contributed by atoms with Crippen molar-refractivity contribution in [1.82, 2.24) is 14.6 Å². The van der Waals surface area contributed by atoms with Gasteiger partial charge in [-0.25, -0.2) is 9.50 Å². The molecule has 1 fully saturated rings. The molecule has 3 aromatic rings. The van der Waals surface area contributed by atoms with E-state index < -0.39 is 0 Å². The van der Waals surface area contributed by atoms with Crippen molar-refractivity contribution in [2.24, 2.45) is 0 Å². The Balaban J connectivity index is 1.64. The number of para-hydroxylation sites is 1. The van der Waals surface area contributed by atoms with Crippen LogP contribution >= 0.6 is 0 Å². The predicted octanol–water partition coefficient (Wildman–Crippen LogP) is 4.22. The lowest BCUT2D eigenvalue weighted by atomic mass is 9.95. The van der Waals surface area contributed by atoms with E-state index in [2.05, 4.69) is 26.8 Å². The molecule has 1 aliphatic carbocycles. The standard InChI is InChI=1S/C18H21N5/c1-3-7-14(8-4-1)20-16-13-17(21-15-9-5-2-6-10-15)22-23-12-11-19-18(16)23/h1,3-4,7-8,11-13,15,20H,2,5-6,9-10H2,(H,21,22). The van der Waals surface area contributed by atoms with Crippen molar-refractivity contribution >= 4 is 22.8 Å². The van der Waals surface area contributed by atoms with Crippen molar-refractivity contribution in [2.75, 3.05) is 10.6 Å². The number of hydrogen-bond acceptors (Lipinski definition) is 4. The van der Waals surface area contributed by atoms with E-state index in [9.17, 15) is 0 Å². The first-order valence-electron chi connectivity index (χ1n) is 8.31. The van der Waals surface area contributed by atoms with Crippen LogP contribution in [-0.2, 0) is 0 Å². The number of benzene rings is 1. The molecule has 0 bridgehead atoms. The molecule has 0 radical (unpaired) electrons. The summed E-state index contributed by atoms with van der Waals surface area (Å²) in [6.45, 7) is 0. The maximum Gasteiger partial charge on any atom is 0.177 e. The highest BCUT2D eigenvalue weighted by Gasteiger charge is 2.15. The van der Waals surface area contributed by atoms with E-state index in [-0.39, 0.29) is 0 Å². The highest BCUT2D eigenvalue weighted by Crippen LogP contribution is 2.25. The maximum atomic E-state index is 4.63. The van der Waals surface area contributed by atoms with Crippen LogP contribution in [0.4, 0.5) is 17.2 Å². The third kappa shape index (κ3) is 3.13. The second kappa shape index (κ2) is 6.28. The van der Waals surface area contributed by atoms with Gasteiger partial charge in [-0.2, -0.15) is 0 Å². The Kier molecular flexibility index (Phi) is 3.84. The van der Waals surface area contributed by atoms with E-state index in [1.807, 2.05) is 41.0 Å². The molecule has 23 heavy (non-hydrogen) atoms. The second-order valence-corrected chi connectivity index (χ2v) is 6.11. The summed E-state index contributed by atoms with van der Waals surface area (Å²) in [4.78, 5) is 4.41.